The SMILES string of the molecule is CCCC[C@H](N)C(=O)OC1CN[C@H](C(=O)O)C1. The highest BCUT2D eigenvalue weighted by molar-refractivity contribution is 5.76. The molecule has 0 bridgehead atoms. The number of carboxylic acids is 1. The van der Waals surface area contributed by atoms with Crippen molar-refractivity contribution in [1.82, 2.24) is 5.32 Å². The highest BCUT2D eigenvalue weighted by Gasteiger charge is 2.32. The topological polar surface area (TPSA) is 102 Å². The Kier molecular flexibility index (Phi) is 5.37. The average Bonchev–Trinajstić information content (AvgIpc) is 2.74. The van der Waals surface area contributed by atoms with E-state index in [0.717, 1.165) is 12.8 Å². The third-order valence-corrected chi connectivity index (χ3v) is 2.84. The summed E-state index contributed by atoms with van der Waals surface area (Å²) in [5.41, 5.74) is 5.66. The van der Waals surface area contributed by atoms with Gasteiger partial charge in [0.05, 0.1) is 0 Å². The fourth-order valence-electron chi connectivity index (χ4n) is 1.77. The first kappa shape index (κ1) is 13.9. The van der Waals surface area contributed by atoms with Crippen LogP contribution in [-0.4, -0.2) is 41.8 Å². The van der Waals surface area contributed by atoms with Gasteiger partial charge in [0.2, 0.25) is 0 Å². The van der Waals surface area contributed by atoms with Crippen LogP contribution in [0.2, 0.25) is 0 Å². The minimum Gasteiger partial charge on any atom is -0.480 e. The normalized spacial score (nSPS) is 25.5. The summed E-state index contributed by atoms with van der Waals surface area (Å²) >= 11 is 0. The van der Waals surface area contributed by atoms with E-state index < -0.39 is 24.0 Å². The summed E-state index contributed by atoms with van der Waals surface area (Å²) in [6.07, 6.45) is 2.40. The lowest BCUT2D eigenvalue weighted by molar-refractivity contribution is -0.150. The largest absolute Gasteiger partial charge is 0.480 e. The maximum Gasteiger partial charge on any atom is 0.323 e. The summed E-state index contributed by atoms with van der Waals surface area (Å²) in [7, 11) is 0. The van der Waals surface area contributed by atoms with Gasteiger partial charge in [-0.05, 0) is 6.42 Å². The number of unbranched alkanes of at least 4 members (excludes halogenated alkanes) is 1. The molecule has 17 heavy (non-hydrogen) atoms. The van der Waals surface area contributed by atoms with Crippen LogP contribution in [0.5, 0.6) is 0 Å². The van der Waals surface area contributed by atoms with Crippen LogP contribution in [0, 0.1) is 0 Å². The van der Waals surface area contributed by atoms with Gasteiger partial charge >= 0.3 is 11.9 Å². The second kappa shape index (κ2) is 6.56. The minimum absolute atomic E-state index is 0.307. The van der Waals surface area contributed by atoms with Crippen LogP contribution >= 0.6 is 0 Å². The van der Waals surface area contributed by atoms with Gasteiger partial charge in [-0.3, -0.25) is 9.59 Å². The van der Waals surface area contributed by atoms with Crippen LogP contribution in [0.15, 0.2) is 0 Å². The number of carboxylic acid groups (broad SMARTS) is 1. The van der Waals surface area contributed by atoms with Crippen molar-refractivity contribution in [1.29, 1.82) is 0 Å². The van der Waals surface area contributed by atoms with Crippen molar-refractivity contribution in [3.8, 4) is 0 Å². The number of carbonyl (C=O) groups is 2. The predicted octanol–water partition coefficient (Wildman–Crippen LogP) is -0.138. The molecule has 0 aliphatic carbocycles. The lowest BCUT2D eigenvalue weighted by atomic mass is 10.1. The number of hydrogen-bond donors (Lipinski definition) is 3. The van der Waals surface area contributed by atoms with Crippen molar-refractivity contribution in [2.75, 3.05) is 6.54 Å². The Labute approximate surface area is 101 Å². The molecule has 3 atom stereocenters. The molecule has 1 aliphatic heterocycles. The maximum atomic E-state index is 11.6. The van der Waals surface area contributed by atoms with E-state index in [1.54, 1.807) is 0 Å². The van der Waals surface area contributed by atoms with E-state index in [-0.39, 0.29) is 6.10 Å². The van der Waals surface area contributed by atoms with Crippen molar-refractivity contribution < 1.29 is 19.4 Å². The van der Waals surface area contributed by atoms with Gasteiger partial charge in [-0.1, -0.05) is 19.8 Å². The Hall–Kier alpha value is -1.14. The molecule has 0 amide bonds. The highest BCUT2D eigenvalue weighted by Crippen LogP contribution is 2.12. The fourth-order valence-corrected chi connectivity index (χ4v) is 1.77. The molecule has 98 valence electrons. The summed E-state index contributed by atoms with van der Waals surface area (Å²) in [5.74, 6) is -1.35. The van der Waals surface area contributed by atoms with Crippen LogP contribution in [0.4, 0.5) is 0 Å². The summed E-state index contributed by atoms with van der Waals surface area (Å²) in [6.45, 7) is 2.40. The first-order valence-electron chi connectivity index (χ1n) is 5.96. The molecule has 1 unspecified atom stereocenters. The Morgan fingerprint density at radius 3 is 2.82 bits per heavy atom. The molecule has 4 N–H and O–H groups in total. The van der Waals surface area contributed by atoms with Crippen molar-refractivity contribution in [3.63, 3.8) is 0 Å². The zero-order valence-corrected chi connectivity index (χ0v) is 10.0. The molecule has 1 saturated heterocycles. The highest BCUT2D eigenvalue weighted by atomic mass is 16.5. The van der Waals surface area contributed by atoms with E-state index in [0.29, 0.717) is 19.4 Å². The third kappa shape index (κ3) is 4.32. The van der Waals surface area contributed by atoms with Gasteiger partial charge in [-0.15, -0.1) is 0 Å². The smallest absolute Gasteiger partial charge is 0.323 e. The molecule has 0 spiro atoms. The number of nitrogens with one attached hydrogen (secondary N) is 1. The summed E-state index contributed by atoms with van der Waals surface area (Å²) in [4.78, 5) is 22.2. The van der Waals surface area contributed by atoms with Gasteiger partial charge in [0.25, 0.3) is 0 Å². The molecule has 0 radical (unpaired) electrons. The van der Waals surface area contributed by atoms with Crippen molar-refractivity contribution in [3.05, 3.63) is 0 Å². The van der Waals surface area contributed by atoms with E-state index in [4.69, 9.17) is 15.6 Å². The number of esters is 1. The van der Waals surface area contributed by atoms with Crippen molar-refractivity contribution >= 4 is 11.9 Å². The molecular formula is C11H20N2O4. The molecule has 6 heteroatoms. The Morgan fingerprint density at radius 2 is 2.29 bits per heavy atom. The molecule has 0 aromatic heterocycles. The second-order valence-corrected chi connectivity index (χ2v) is 4.34. The van der Waals surface area contributed by atoms with E-state index >= 15 is 0 Å². The number of nitrogens with two attached hydrogens (primary N) is 1. The molecule has 0 aromatic carbocycles. The molecule has 1 fully saturated rings. The first-order chi connectivity index (χ1) is 8.04. The molecule has 6 nitrogen and oxygen atoms in total. The zero-order valence-electron chi connectivity index (χ0n) is 10.0. The number of carbonyl (C=O) groups excluding carboxylic acids is 1. The van der Waals surface area contributed by atoms with E-state index in [9.17, 15) is 9.59 Å². The third-order valence-electron chi connectivity index (χ3n) is 2.84. The monoisotopic (exact) mass is 244 g/mol. The van der Waals surface area contributed by atoms with E-state index in [2.05, 4.69) is 5.32 Å². The van der Waals surface area contributed by atoms with Crippen molar-refractivity contribution in [2.24, 2.45) is 5.73 Å². The molecule has 1 rings (SSSR count). The van der Waals surface area contributed by atoms with E-state index in [1.165, 1.54) is 0 Å². The second-order valence-electron chi connectivity index (χ2n) is 4.34. The Morgan fingerprint density at radius 1 is 1.59 bits per heavy atom. The zero-order chi connectivity index (χ0) is 12.8. The van der Waals surface area contributed by atoms with Gasteiger partial charge in [0.15, 0.2) is 0 Å². The molecule has 1 heterocycles. The van der Waals surface area contributed by atoms with Gasteiger partial charge < -0.3 is 20.9 Å². The number of aliphatic carboxylic acids is 1. The van der Waals surface area contributed by atoms with Gasteiger partial charge in [0, 0.05) is 13.0 Å². The number of rotatable bonds is 6. The molecule has 0 aromatic rings. The van der Waals surface area contributed by atoms with Gasteiger partial charge in [0.1, 0.15) is 18.2 Å². The maximum absolute atomic E-state index is 11.6. The summed E-state index contributed by atoms with van der Waals surface area (Å²) < 4.78 is 5.16. The van der Waals surface area contributed by atoms with Crippen LogP contribution < -0.4 is 11.1 Å². The molecule has 0 saturated carbocycles. The standard InChI is InChI=1S/C11H20N2O4/c1-2-3-4-8(12)11(16)17-7-5-9(10(14)15)13-6-7/h7-9,13H,2-6,12H2,1H3,(H,14,15)/t7?,8-,9-/m0/s1. The minimum atomic E-state index is -0.918. The first-order valence-corrected chi connectivity index (χ1v) is 5.96. The number of ether oxygens (including phenoxy) is 1. The number of hydrogen-bond acceptors (Lipinski definition) is 5. The molecule has 1 aliphatic rings. The quantitative estimate of drug-likeness (QED) is 0.562. The Balaban J connectivity index is 2.30. The average molecular weight is 244 g/mol. The molecular weight excluding hydrogens is 224 g/mol. The van der Waals surface area contributed by atoms with Crippen LogP contribution in [-0.2, 0) is 14.3 Å². The lowest BCUT2D eigenvalue weighted by Gasteiger charge is -2.15. The lowest BCUT2D eigenvalue weighted by Crippen LogP contribution is -2.35. The van der Waals surface area contributed by atoms with E-state index in [1.807, 2.05) is 6.92 Å². The van der Waals surface area contributed by atoms with Crippen LogP contribution in [0.1, 0.15) is 32.6 Å². The summed E-state index contributed by atoms with van der Waals surface area (Å²) in [6, 6.07) is -1.22. The Bertz CT molecular complexity index is 283. The van der Waals surface area contributed by atoms with Gasteiger partial charge in [-0.25, -0.2) is 0 Å². The van der Waals surface area contributed by atoms with Crippen LogP contribution in [0.25, 0.3) is 0 Å². The summed E-state index contributed by atoms with van der Waals surface area (Å²) in [5, 5.41) is 11.5. The predicted molar refractivity (Wildman–Crippen MR) is 61.4 cm³/mol. The van der Waals surface area contributed by atoms with Gasteiger partial charge in [-0.2, -0.15) is 0 Å². The van der Waals surface area contributed by atoms with Crippen LogP contribution in [0.3, 0.4) is 0 Å². The fraction of sp³-hybridized carbons (Fsp3) is 0.818. The van der Waals surface area contributed by atoms with Crippen molar-refractivity contribution in [2.45, 2.75) is 50.8 Å².